The quantitative estimate of drug-likeness (QED) is 0.612. The molecule has 0 aromatic rings. The van der Waals surface area contributed by atoms with Crippen molar-refractivity contribution in [2.75, 3.05) is 59.5 Å². The minimum Gasteiger partial charge on any atom is -0.375 e. The lowest BCUT2D eigenvalue weighted by Gasteiger charge is -2.37. The van der Waals surface area contributed by atoms with Crippen molar-refractivity contribution in [1.29, 1.82) is 0 Å². The Morgan fingerprint density at radius 3 is 2.70 bits per heavy atom. The van der Waals surface area contributed by atoms with E-state index in [1.807, 2.05) is 7.05 Å². The summed E-state index contributed by atoms with van der Waals surface area (Å²) in [6, 6.07) is 0. The first kappa shape index (κ1) is 17.0. The van der Waals surface area contributed by atoms with Gasteiger partial charge in [0.25, 0.3) is 0 Å². The molecule has 0 spiro atoms. The minimum atomic E-state index is 0.187. The zero-order chi connectivity index (χ0) is 16.1. The predicted molar refractivity (Wildman–Crippen MR) is 91.9 cm³/mol. The number of nitrogens with one attached hydrogen (secondary N) is 1. The van der Waals surface area contributed by atoms with Crippen molar-refractivity contribution < 1.29 is 9.47 Å². The highest BCUT2D eigenvalue weighted by atomic mass is 16.5. The lowest BCUT2D eigenvalue weighted by Crippen LogP contribution is -2.53. The van der Waals surface area contributed by atoms with Crippen molar-refractivity contribution in [3.05, 3.63) is 0 Å². The van der Waals surface area contributed by atoms with E-state index in [2.05, 4.69) is 27.0 Å². The summed E-state index contributed by atoms with van der Waals surface area (Å²) in [6.07, 6.45) is 4.03. The number of nitrogens with zero attached hydrogens (tertiary/aromatic N) is 3. The van der Waals surface area contributed by atoms with Crippen molar-refractivity contribution >= 4 is 5.96 Å². The summed E-state index contributed by atoms with van der Waals surface area (Å²) in [4.78, 5) is 9.36. The van der Waals surface area contributed by atoms with Gasteiger partial charge in [-0.2, -0.15) is 0 Å². The highest BCUT2D eigenvalue weighted by Crippen LogP contribution is 2.21. The largest absolute Gasteiger partial charge is 0.375 e. The van der Waals surface area contributed by atoms with Crippen LogP contribution in [0.15, 0.2) is 4.99 Å². The van der Waals surface area contributed by atoms with Crippen LogP contribution in [-0.2, 0) is 9.47 Å². The fourth-order valence-electron chi connectivity index (χ4n) is 3.92. The normalized spacial score (nSPS) is 33.4. The van der Waals surface area contributed by atoms with Gasteiger partial charge in [0.2, 0.25) is 0 Å². The first-order valence-corrected chi connectivity index (χ1v) is 9.21. The molecule has 3 heterocycles. The van der Waals surface area contributed by atoms with Gasteiger partial charge in [0.15, 0.2) is 5.96 Å². The summed E-state index contributed by atoms with van der Waals surface area (Å²) >= 11 is 0. The molecule has 3 fully saturated rings. The van der Waals surface area contributed by atoms with Gasteiger partial charge in [-0.15, -0.1) is 0 Å². The van der Waals surface area contributed by atoms with E-state index >= 15 is 0 Å². The molecule has 0 aliphatic carbocycles. The number of hydrogen-bond acceptors (Lipinski definition) is 4. The van der Waals surface area contributed by atoms with Crippen LogP contribution in [0.2, 0.25) is 0 Å². The van der Waals surface area contributed by atoms with Crippen LogP contribution in [0.1, 0.15) is 26.2 Å². The summed E-state index contributed by atoms with van der Waals surface area (Å²) in [5.41, 5.74) is 0. The predicted octanol–water partition coefficient (Wildman–Crippen LogP) is 0.783. The number of likely N-dealkylation sites (tertiary alicyclic amines) is 1. The van der Waals surface area contributed by atoms with Crippen LogP contribution in [0.4, 0.5) is 0 Å². The third-order valence-corrected chi connectivity index (χ3v) is 5.35. The van der Waals surface area contributed by atoms with Crippen molar-refractivity contribution in [3.63, 3.8) is 0 Å². The van der Waals surface area contributed by atoms with E-state index in [4.69, 9.17) is 9.47 Å². The molecule has 3 saturated heterocycles. The Morgan fingerprint density at radius 2 is 2.00 bits per heavy atom. The maximum Gasteiger partial charge on any atom is 0.193 e. The van der Waals surface area contributed by atoms with E-state index in [0.29, 0.717) is 0 Å². The smallest absolute Gasteiger partial charge is 0.193 e. The molecule has 132 valence electrons. The van der Waals surface area contributed by atoms with Gasteiger partial charge in [0.05, 0.1) is 12.7 Å². The molecule has 0 radical (unpaired) electrons. The van der Waals surface area contributed by atoms with E-state index in [1.54, 1.807) is 0 Å². The van der Waals surface area contributed by atoms with Gasteiger partial charge < -0.3 is 24.6 Å². The van der Waals surface area contributed by atoms with Gasteiger partial charge in [-0.3, -0.25) is 4.99 Å². The monoisotopic (exact) mass is 324 g/mol. The molecule has 3 atom stereocenters. The van der Waals surface area contributed by atoms with Crippen LogP contribution >= 0.6 is 0 Å². The SMILES string of the molecule is CCN1CCC(CNC(=NC)N2CCOC(C3CCCO3)C2)C1. The maximum atomic E-state index is 5.94. The molecule has 23 heavy (non-hydrogen) atoms. The second-order valence-electron chi connectivity index (χ2n) is 6.88. The maximum absolute atomic E-state index is 5.94. The molecule has 3 aliphatic rings. The zero-order valence-electron chi connectivity index (χ0n) is 14.7. The van der Waals surface area contributed by atoms with Gasteiger partial charge in [0, 0.05) is 39.8 Å². The molecule has 0 saturated carbocycles. The average Bonchev–Trinajstić information content (AvgIpc) is 3.27. The van der Waals surface area contributed by atoms with Gasteiger partial charge in [-0.05, 0) is 38.3 Å². The van der Waals surface area contributed by atoms with Crippen LogP contribution in [0.25, 0.3) is 0 Å². The van der Waals surface area contributed by atoms with E-state index in [-0.39, 0.29) is 12.2 Å². The molecule has 6 heteroatoms. The Kier molecular flexibility index (Phi) is 6.14. The molecule has 0 bridgehead atoms. The van der Waals surface area contributed by atoms with Gasteiger partial charge in [0.1, 0.15) is 6.10 Å². The summed E-state index contributed by atoms with van der Waals surface area (Å²) in [6.45, 7) is 10.3. The third kappa shape index (κ3) is 4.37. The Morgan fingerprint density at radius 1 is 1.13 bits per heavy atom. The molecular formula is C17H32N4O2. The first-order valence-electron chi connectivity index (χ1n) is 9.21. The highest BCUT2D eigenvalue weighted by Gasteiger charge is 2.32. The van der Waals surface area contributed by atoms with Crippen LogP contribution in [0.3, 0.4) is 0 Å². The van der Waals surface area contributed by atoms with Gasteiger partial charge in [-0.1, -0.05) is 6.92 Å². The molecule has 0 aromatic carbocycles. The minimum absolute atomic E-state index is 0.187. The second kappa shape index (κ2) is 8.31. The molecule has 3 rings (SSSR count). The Bertz CT molecular complexity index is 398. The Balaban J connectivity index is 1.47. The van der Waals surface area contributed by atoms with Crippen molar-refractivity contribution in [1.82, 2.24) is 15.1 Å². The summed E-state index contributed by atoms with van der Waals surface area (Å²) in [5, 5.41) is 3.59. The molecule has 0 amide bonds. The van der Waals surface area contributed by atoms with Gasteiger partial charge >= 0.3 is 0 Å². The highest BCUT2D eigenvalue weighted by molar-refractivity contribution is 5.80. The number of morpholine rings is 1. The third-order valence-electron chi connectivity index (χ3n) is 5.35. The molecular weight excluding hydrogens is 292 g/mol. The van der Waals surface area contributed by atoms with Crippen LogP contribution in [-0.4, -0.2) is 87.5 Å². The molecule has 1 N–H and O–H groups in total. The van der Waals surface area contributed by atoms with E-state index in [9.17, 15) is 0 Å². The van der Waals surface area contributed by atoms with Crippen molar-refractivity contribution in [2.45, 2.75) is 38.4 Å². The van der Waals surface area contributed by atoms with E-state index < -0.39 is 0 Å². The fraction of sp³-hybridized carbons (Fsp3) is 0.941. The number of hydrogen-bond donors (Lipinski definition) is 1. The van der Waals surface area contributed by atoms with Crippen LogP contribution in [0.5, 0.6) is 0 Å². The molecule has 0 aromatic heterocycles. The molecule has 3 unspecified atom stereocenters. The molecule has 3 aliphatic heterocycles. The van der Waals surface area contributed by atoms with E-state index in [0.717, 1.165) is 64.1 Å². The summed E-state index contributed by atoms with van der Waals surface area (Å²) < 4.78 is 11.7. The van der Waals surface area contributed by atoms with Crippen LogP contribution in [0, 0.1) is 5.92 Å². The first-order chi connectivity index (χ1) is 11.3. The van der Waals surface area contributed by atoms with Crippen molar-refractivity contribution in [2.24, 2.45) is 10.9 Å². The van der Waals surface area contributed by atoms with Gasteiger partial charge in [-0.25, -0.2) is 0 Å². The number of guanidine groups is 1. The fourth-order valence-corrected chi connectivity index (χ4v) is 3.92. The summed E-state index contributed by atoms with van der Waals surface area (Å²) in [7, 11) is 1.88. The Labute approximate surface area is 140 Å². The Hall–Kier alpha value is -0.850. The average molecular weight is 324 g/mol. The topological polar surface area (TPSA) is 49.3 Å². The summed E-state index contributed by atoms with van der Waals surface area (Å²) in [5.74, 6) is 1.76. The molecule has 6 nitrogen and oxygen atoms in total. The number of rotatable bonds is 4. The number of ether oxygens (including phenoxy) is 2. The lowest BCUT2D eigenvalue weighted by atomic mass is 10.1. The number of aliphatic imine (C=N–C) groups is 1. The second-order valence-corrected chi connectivity index (χ2v) is 6.88. The zero-order valence-corrected chi connectivity index (χ0v) is 14.7. The van der Waals surface area contributed by atoms with Crippen molar-refractivity contribution in [3.8, 4) is 0 Å². The van der Waals surface area contributed by atoms with Crippen LogP contribution < -0.4 is 5.32 Å². The standard InChI is InChI=1S/C17H32N4O2/c1-3-20-7-6-14(12-20)11-19-17(18-2)21-8-10-23-16(13-21)15-5-4-9-22-15/h14-16H,3-13H2,1-2H3,(H,18,19). The lowest BCUT2D eigenvalue weighted by molar-refractivity contribution is -0.0817. The van der Waals surface area contributed by atoms with E-state index in [1.165, 1.54) is 19.5 Å².